The summed E-state index contributed by atoms with van der Waals surface area (Å²) in [5.74, 6) is 0.0189. The second kappa shape index (κ2) is 5.45. The number of rotatable bonds is 4. The van der Waals surface area contributed by atoms with Crippen molar-refractivity contribution in [3.63, 3.8) is 0 Å². The Balaban J connectivity index is 2.27. The van der Waals surface area contributed by atoms with Gasteiger partial charge in [-0.25, -0.2) is 8.42 Å². The molecule has 100 valence electrons. The Morgan fingerprint density at radius 3 is 2.16 bits per heavy atom. The molecular formula is C15H17NO2S. The van der Waals surface area contributed by atoms with Crippen molar-refractivity contribution in [3.05, 3.63) is 65.7 Å². The Bertz CT molecular complexity index is 651. The van der Waals surface area contributed by atoms with Crippen LogP contribution in [0.4, 0.5) is 5.69 Å². The van der Waals surface area contributed by atoms with E-state index in [0.29, 0.717) is 5.69 Å². The maximum absolute atomic E-state index is 12.4. The zero-order chi connectivity index (χ0) is 13.9. The van der Waals surface area contributed by atoms with E-state index in [1.807, 2.05) is 49.4 Å². The highest BCUT2D eigenvalue weighted by atomic mass is 32.2. The van der Waals surface area contributed by atoms with E-state index in [2.05, 4.69) is 0 Å². The zero-order valence-corrected chi connectivity index (χ0v) is 11.9. The van der Waals surface area contributed by atoms with Gasteiger partial charge in [-0.15, -0.1) is 0 Å². The van der Waals surface area contributed by atoms with Crippen molar-refractivity contribution in [2.75, 3.05) is 11.4 Å². The zero-order valence-electron chi connectivity index (χ0n) is 11.1. The first-order chi connectivity index (χ1) is 9.00. The van der Waals surface area contributed by atoms with Crippen LogP contribution in [0.2, 0.25) is 0 Å². The average molecular weight is 275 g/mol. The minimum Gasteiger partial charge on any atom is -0.273 e. The predicted molar refractivity (Wildman–Crippen MR) is 78.6 cm³/mol. The molecule has 0 spiro atoms. The van der Waals surface area contributed by atoms with Crippen molar-refractivity contribution < 1.29 is 8.42 Å². The molecule has 0 saturated carbocycles. The van der Waals surface area contributed by atoms with E-state index >= 15 is 0 Å². The number of nitrogens with zero attached hydrogens (tertiary/aromatic N) is 1. The molecule has 4 heteroatoms. The summed E-state index contributed by atoms with van der Waals surface area (Å²) < 4.78 is 26.1. The fourth-order valence-electron chi connectivity index (χ4n) is 1.86. The third kappa shape index (κ3) is 3.15. The van der Waals surface area contributed by atoms with Crippen LogP contribution in [0.25, 0.3) is 0 Å². The molecule has 0 aliphatic carbocycles. The van der Waals surface area contributed by atoms with Crippen molar-refractivity contribution in [1.82, 2.24) is 0 Å². The van der Waals surface area contributed by atoms with Gasteiger partial charge in [-0.2, -0.15) is 0 Å². The van der Waals surface area contributed by atoms with Gasteiger partial charge in [0.05, 0.1) is 11.4 Å². The standard InChI is InChI=1S/C15H17NO2S/c1-13-8-6-7-9-14(13)12-19(17,18)16(2)15-10-4-3-5-11-15/h3-11H,12H2,1-2H3. The molecule has 2 aromatic rings. The highest BCUT2D eigenvalue weighted by molar-refractivity contribution is 7.92. The molecule has 2 rings (SSSR count). The summed E-state index contributed by atoms with van der Waals surface area (Å²) in [5.41, 5.74) is 2.51. The monoisotopic (exact) mass is 275 g/mol. The Kier molecular flexibility index (Phi) is 3.90. The van der Waals surface area contributed by atoms with Crippen LogP contribution in [0.15, 0.2) is 54.6 Å². The van der Waals surface area contributed by atoms with Crippen molar-refractivity contribution in [1.29, 1.82) is 0 Å². The van der Waals surface area contributed by atoms with Crippen molar-refractivity contribution in [2.24, 2.45) is 0 Å². The quantitative estimate of drug-likeness (QED) is 0.860. The number of para-hydroxylation sites is 1. The lowest BCUT2D eigenvalue weighted by Crippen LogP contribution is -2.28. The fraction of sp³-hybridized carbons (Fsp3) is 0.200. The summed E-state index contributed by atoms with van der Waals surface area (Å²) in [6.45, 7) is 1.92. The Morgan fingerprint density at radius 2 is 1.53 bits per heavy atom. The van der Waals surface area contributed by atoms with Gasteiger partial charge < -0.3 is 0 Å². The normalized spacial score (nSPS) is 11.3. The van der Waals surface area contributed by atoms with Gasteiger partial charge in [-0.1, -0.05) is 42.5 Å². The van der Waals surface area contributed by atoms with E-state index in [0.717, 1.165) is 11.1 Å². The topological polar surface area (TPSA) is 37.4 Å². The first kappa shape index (κ1) is 13.6. The summed E-state index contributed by atoms with van der Waals surface area (Å²) >= 11 is 0. The van der Waals surface area contributed by atoms with E-state index < -0.39 is 10.0 Å². The maximum atomic E-state index is 12.4. The molecule has 0 fully saturated rings. The van der Waals surface area contributed by atoms with Crippen LogP contribution in [0.5, 0.6) is 0 Å². The minimum atomic E-state index is -3.36. The molecule has 0 aliphatic rings. The van der Waals surface area contributed by atoms with Crippen molar-refractivity contribution >= 4 is 15.7 Å². The number of sulfonamides is 1. The second-order valence-electron chi connectivity index (χ2n) is 4.49. The Labute approximate surface area is 114 Å². The summed E-state index contributed by atoms with van der Waals surface area (Å²) in [6, 6.07) is 16.6. The van der Waals surface area contributed by atoms with Gasteiger partial charge >= 0.3 is 0 Å². The molecular weight excluding hydrogens is 258 g/mol. The summed E-state index contributed by atoms with van der Waals surface area (Å²) in [4.78, 5) is 0. The van der Waals surface area contributed by atoms with Gasteiger partial charge in [0.1, 0.15) is 0 Å². The molecule has 0 atom stereocenters. The first-order valence-corrected chi connectivity index (χ1v) is 7.68. The van der Waals surface area contributed by atoms with Crippen LogP contribution in [0.3, 0.4) is 0 Å². The van der Waals surface area contributed by atoms with E-state index in [1.165, 1.54) is 4.31 Å². The molecule has 0 aliphatic heterocycles. The molecule has 0 N–H and O–H groups in total. The lowest BCUT2D eigenvalue weighted by Gasteiger charge is -2.20. The Morgan fingerprint density at radius 1 is 0.947 bits per heavy atom. The highest BCUT2D eigenvalue weighted by Crippen LogP contribution is 2.19. The van der Waals surface area contributed by atoms with Gasteiger partial charge in [0, 0.05) is 7.05 Å². The van der Waals surface area contributed by atoms with Gasteiger partial charge in [0.15, 0.2) is 0 Å². The summed E-state index contributed by atoms with van der Waals surface area (Å²) in [6.07, 6.45) is 0. The molecule has 0 aromatic heterocycles. The van der Waals surface area contributed by atoms with E-state index in [1.54, 1.807) is 19.2 Å². The molecule has 19 heavy (non-hydrogen) atoms. The maximum Gasteiger partial charge on any atom is 0.239 e. The van der Waals surface area contributed by atoms with Gasteiger partial charge in [0.25, 0.3) is 0 Å². The van der Waals surface area contributed by atoms with Crippen LogP contribution >= 0.6 is 0 Å². The van der Waals surface area contributed by atoms with Gasteiger partial charge in [-0.05, 0) is 30.2 Å². The summed E-state index contributed by atoms with van der Waals surface area (Å²) in [7, 11) is -1.77. The second-order valence-corrected chi connectivity index (χ2v) is 6.49. The third-order valence-corrected chi connectivity index (χ3v) is 4.86. The lowest BCUT2D eigenvalue weighted by molar-refractivity contribution is 0.593. The predicted octanol–water partition coefficient (Wildman–Crippen LogP) is 2.96. The number of anilines is 1. The van der Waals surface area contributed by atoms with Gasteiger partial charge in [-0.3, -0.25) is 4.31 Å². The van der Waals surface area contributed by atoms with E-state index in [4.69, 9.17) is 0 Å². The highest BCUT2D eigenvalue weighted by Gasteiger charge is 2.19. The molecule has 0 heterocycles. The minimum absolute atomic E-state index is 0.0189. The number of hydrogen-bond donors (Lipinski definition) is 0. The third-order valence-electron chi connectivity index (χ3n) is 3.14. The average Bonchev–Trinajstić information content (AvgIpc) is 2.41. The van der Waals surface area contributed by atoms with Crippen LogP contribution in [0, 0.1) is 6.92 Å². The smallest absolute Gasteiger partial charge is 0.239 e. The van der Waals surface area contributed by atoms with Crippen molar-refractivity contribution in [2.45, 2.75) is 12.7 Å². The van der Waals surface area contributed by atoms with Crippen LogP contribution in [0.1, 0.15) is 11.1 Å². The molecule has 0 bridgehead atoms. The number of aryl methyl sites for hydroxylation is 1. The number of hydrogen-bond acceptors (Lipinski definition) is 2. The van der Waals surface area contributed by atoms with E-state index in [9.17, 15) is 8.42 Å². The molecule has 0 radical (unpaired) electrons. The fourth-order valence-corrected chi connectivity index (χ4v) is 3.22. The molecule has 2 aromatic carbocycles. The molecule has 0 unspecified atom stereocenters. The van der Waals surface area contributed by atoms with Gasteiger partial charge in [0.2, 0.25) is 10.0 Å². The molecule has 3 nitrogen and oxygen atoms in total. The first-order valence-electron chi connectivity index (χ1n) is 6.07. The van der Waals surface area contributed by atoms with Crippen LogP contribution < -0.4 is 4.31 Å². The van der Waals surface area contributed by atoms with E-state index in [-0.39, 0.29) is 5.75 Å². The Hall–Kier alpha value is -1.81. The van der Waals surface area contributed by atoms with Crippen molar-refractivity contribution in [3.8, 4) is 0 Å². The lowest BCUT2D eigenvalue weighted by atomic mass is 10.1. The molecule has 0 saturated heterocycles. The summed E-state index contributed by atoms with van der Waals surface area (Å²) in [5, 5.41) is 0. The number of benzene rings is 2. The molecule has 0 amide bonds. The largest absolute Gasteiger partial charge is 0.273 e. The van der Waals surface area contributed by atoms with Crippen LogP contribution in [-0.4, -0.2) is 15.5 Å². The van der Waals surface area contributed by atoms with Crippen LogP contribution in [-0.2, 0) is 15.8 Å². The SMILES string of the molecule is Cc1ccccc1CS(=O)(=O)N(C)c1ccccc1.